The number of nitrogens with zero attached hydrogens (tertiary/aromatic N) is 4. The van der Waals surface area contributed by atoms with Gasteiger partial charge in [0.05, 0.1) is 12.3 Å². The molecule has 5 rings (SSSR count). The first-order valence-electron chi connectivity index (χ1n) is 9.69. The predicted octanol–water partition coefficient (Wildman–Crippen LogP) is 4.10. The van der Waals surface area contributed by atoms with Crippen LogP contribution in [-0.2, 0) is 0 Å². The molecule has 0 amide bonds. The highest BCUT2D eigenvalue weighted by atomic mass is 16.5. The molecule has 142 valence electrons. The topological polar surface area (TPSA) is 54.6 Å². The van der Waals surface area contributed by atoms with Crippen LogP contribution in [0, 0.1) is 0 Å². The number of rotatable bonds is 4. The van der Waals surface area contributed by atoms with E-state index in [1.54, 1.807) is 6.33 Å². The lowest BCUT2D eigenvalue weighted by Crippen LogP contribution is -2.47. The van der Waals surface area contributed by atoms with Crippen LogP contribution < -0.4 is 14.5 Å². The van der Waals surface area contributed by atoms with E-state index in [0.29, 0.717) is 6.61 Å². The average Bonchev–Trinajstić information content (AvgIpc) is 3.13. The summed E-state index contributed by atoms with van der Waals surface area (Å²) >= 11 is 0. The van der Waals surface area contributed by atoms with Crippen molar-refractivity contribution in [2.45, 2.75) is 6.92 Å². The number of hydrogen-bond donors (Lipinski definition) is 0. The third kappa shape index (κ3) is 2.81. The zero-order valence-electron chi connectivity index (χ0n) is 15.8. The number of piperazine rings is 1. The van der Waals surface area contributed by atoms with Gasteiger partial charge in [0, 0.05) is 31.6 Å². The molecule has 1 aliphatic heterocycles. The minimum atomic E-state index is 0.669. The minimum absolute atomic E-state index is 0.669. The summed E-state index contributed by atoms with van der Waals surface area (Å²) in [5.41, 5.74) is 3.65. The Bertz CT molecular complexity index is 1120. The van der Waals surface area contributed by atoms with E-state index in [1.807, 2.05) is 43.3 Å². The minimum Gasteiger partial charge on any atom is -0.492 e. The van der Waals surface area contributed by atoms with Gasteiger partial charge in [0.15, 0.2) is 11.4 Å². The second kappa shape index (κ2) is 7.03. The lowest BCUT2D eigenvalue weighted by atomic mass is 10.2. The Hall–Kier alpha value is -3.28. The molecule has 1 fully saturated rings. The molecular weight excluding hydrogens is 352 g/mol. The Morgan fingerprint density at radius 1 is 0.929 bits per heavy atom. The van der Waals surface area contributed by atoms with E-state index in [-0.39, 0.29) is 0 Å². The molecule has 6 heteroatoms. The molecule has 2 aromatic carbocycles. The maximum atomic E-state index is 6.10. The van der Waals surface area contributed by atoms with Crippen molar-refractivity contribution < 1.29 is 9.15 Å². The van der Waals surface area contributed by atoms with Crippen LogP contribution in [0.5, 0.6) is 5.75 Å². The number of furan rings is 1. The molecule has 0 aliphatic carbocycles. The molecule has 28 heavy (non-hydrogen) atoms. The number of anilines is 2. The fraction of sp³-hybridized carbons (Fsp3) is 0.273. The molecule has 2 aromatic heterocycles. The average molecular weight is 374 g/mol. The Morgan fingerprint density at radius 2 is 1.68 bits per heavy atom. The van der Waals surface area contributed by atoms with Crippen molar-refractivity contribution in [2.24, 2.45) is 0 Å². The number of hydrogen-bond acceptors (Lipinski definition) is 6. The zero-order chi connectivity index (χ0) is 18.9. The van der Waals surface area contributed by atoms with Crippen LogP contribution in [0.2, 0.25) is 0 Å². The molecule has 0 bridgehead atoms. The first-order valence-corrected chi connectivity index (χ1v) is 9.69. The number of aromatic nitrogens is 2. The van der Waals surface area contributed by atoms with Crippen molar-refractivity contribution in [2.75, 3.05) is 42.6 Å². The van der Waals surface area contributed by atoms with E-state index in [0.717, 1.165) is 65.5 Å². The second-order valence-electron chi connectivity index (χ2n) is 6.85. The molecule has 0 atom stereocenters. The SMILES string of the molecule is CCOc1ccccc1N1CCN(c2ncnc3c2oc2ccccc23)CC1. The van der Waals surface area contributed by atoms with Crippen LogP contribution in [0.15, 0.2) is 59.3 Å². The van der Waals surface area contributed by atoms with Gasteiger partial charge in [-0.25, -0.2) is 9.97 Å². The highest BCUT2D eigenvalue weighted by molar-refractivity contribution is 6.05. The summed E-state index contributed by atoms with van der Waals surface area (Å²) in [6.07, 6.45) is 1.64. The largest absolute Gasteiger partial charge is 0.492 e. The van der Waals surface area contributed by atoms with Gasteiger partial charge in [-0.3, -0.25) is 0 Å². The number of fused-ring (bicyclic) bond motifs is 3. The number of benzene rings is 2. The monoisotopic (exact) mass is 374 g/mol. The summed E-state index contributed by atoms with van der Waals surface area (Å²) in [4.78, 5) is 13.7. The Kier molecular flexibility index (Phi) is 4.24. The quantitative estimate of drug-likeness (QED) is 0.536. The van der Waals surface area contributed by atoms with E-state index in [1.165, 1.54) is 0 Å². The fourth-order valence-corrected chi connectivity index (χ4v) is 3.89. The molecule has 0 unspecified atom stereocenters. The fourth-order valence-electron chi connectivity index (χ4n) is 3.89. The smallest absolute Gasteiger partial charge is 0.196 e. The van der Waals surface area contributed by atoms with Crippen LogP contribution >= 0.6 is 0 Å². The number of para-hydroxylation sites is 3. The first-order chi connectivity index (χ1) is 13.8. The Balaban J connectivity index is 1.42. The van der Waals surface area contributed by atoms with Crippen LogP contribution in [0.1, 0.15) is 6.92 Å². The lowest BCUT2D eigenvalue weighted by molar-refractivity contribution is 0.340. The van der Waals surface area contributed by atoms with E-state index < -0.39 is 0 Å². The van der Waals surface area contributed by atoms with Crippen molar-refractivity contribution >= 4 is 33.6 Å². The van der Waals surface area contributed by atoms with Crippen LogP contribution in [0.3, 0.4) is 0 Å². The molecule has 1 aliphatic rings. The maximum Gasteiger partial charge on any atom is 0.196 e. The van der Waals surface area contributed by atoms with Crippen molar-refractivity contribution in [3.05, 3.63) is 54.9 Å². The molecular formula is C22H22N4O2. The first kappa shape index (κ1) is 16.9. The van der Waals surface area contributed by atoms with Gasteiger partial charge in [0.1, 0.15) is 23.2 Å². The van der Waals surface area contributed by atoms with E-state index in [4.69, 9.17) is 9.15 Å². The van der Waals surface area contributed by atoms with Crippen molar-refractivity contribution in [3.63, 3.8) is 0 Å². The van der Waals surface area contributed by atoms with E-state index in [2.05, 4.69) is 31.9 Å². The molecule has 3 heterocycles. The molecule has 0 N–H and O–H groups in total. The van der Waals surface area contributed by atoms with Crippen LogP contribution in [0.4, 0.5) is 11.5 Å². The van der Waals surface area contributed by atoms with Gasteiger partial charge in [0.25, 0.3) is 0 Å². The van der Waals surface area contributed by atoms with Crippen molar-refractivity contribution in [1.82, 2.24) is 9.97 Å². The van der Waals surface area contributed by atoms with Gasteiger partial charge < -0.3 is 19.0 Å². The Labute approximate surface area is 163 Å². The molecule has 0 spiro atoms. The highest BCUT2D eigenvalue weighted by Gasteiger charge is 2.24. The van der Waals surface area contributed by atoms with Crippen LogP contribution in [0.25, 0.3) is 22.1 Å². The summed E-state index contributed by atoms with van der Waals surface area (Å²) < 4.78 is 11.9. The highest BCUT2D eigenvalue weighted by Crippen LogP contribution is 2.34. The Morgan fingerprint density at radius 3 is 2.54 bits per heavy atom. The third-order valence-electron chi connectivity index (χ3n) is 5.22. The summed E-state index contributed by atoms with van der Waals surface area (Å²) in [6.45, 7) is 6.21. The second-order valence-corrected chi connectivity index (χ2v) is 6.85. The van der Waals surface area contributed by atoms with Gasteiger partial charge in [-0.2, -0.15) is 0 Å². The van der Waals surface area contributed by atoms with E-state index in [9.17, 15) is 0 Å². The third-order valence-corrected chi connectivity index (χ3v) is 5.22. The standard InChI is InChI=1S/C22H22N4O2/c1-2-27-19-10-6-4-8-17(19)25-11-13-26(14-12-25)22-21-20(23-15-24-22)16-7-3-5-9-18(16)28-21/h3-10,15H,2,11-14H2,1H3. The normalized spacial score (nSPS) is 14.8. The van der Waals surface area contributed by atoms with Gasteiger partial charge >= 0.3 is 0 Å². The number of ether oxygens (including phenoxy) is 1. The summed E-state index contributed by atoms with van der Waals surface area (Å²) in [7, 11) is 0. The molecule has 0 radical (unpaired) electrons. The molecule has 6 nitrogen and oxygen atoms in total. The summed E-state index contributed by atoms with van der Waals surface area (Å²) in [6, 6.07) is 16.2. The van der Waals surface area contributed by atoms with E-state index >= 15 is 0 Å². The van der Waals surface area contributed by atoms with Crippen molar-refractivity contribution in [3.8, 4) is 5.75 Å². The summed E-state index contributed by atoms with van der Waals surface area (Å²) in [5, 5.41) is 1.03. The zero-order valence-corrected chi connectivity index (χ0v) is 15.8. The molecule has 0 saturated carbocycles. The molecule has 4 aromatic rings. The maximum absolute atomic E-state index is 6.10. The predicted molar refractivity (Wildman–Crippen MR) is 111 cm³/mol. The van der Waals surface area contributed by atoms with Crippen molar-refractivity contribution in [1.29, 1.82) is 0 Å². The van der Waals surface area contributed by atoms with Gasteiger partial charge in [-0.1, -0.05) is 24.3 Å². The van der Waals surface area contributed by atoms with Gasteiger partial charge in [-0.05, 0) is 31.2 Å². The van der Waals surface area contributed by atoms with Gasteiger partial charge in [-0.15, -0.1) is 0 Å². The van der Waals surface area contributed by atoms with Crippen LogP contribution in [-0.4, -0.2) is 42.8 Å². The summed E-state index contributed by atoms with van der Waals surface area (Å²) in [5.74, 6) is 1.82. The lowest BCUT2D eigenvalue weighted by Gasteiger charge is -2.37. The molecule has 1 saturated heterocycles. The van der Waals surface area contributed by atoms with Gasteiger partial charge in [0.2, 0.25) is 0 Å².